The first-order valence-electron chi connectivity index (χ1n) is 7.05. The summed E-state index contributed by atoms with van der Waals surface area (Å²) in [7, 11) is 0. The normalized spacial score (nSPS) is 14.6. The minimum atomic E-state index is -0.138. The number of aromatic nitrogens is 2. The lowest BCUT2D eigenvalue weighted by Gasteiger charge is -2.26. The fourth-order valence-electron chi connectivity index (χ4n) is 2.18. The zero-order valence-electron chi connectivity index (χ0n) is 12.1. The van der Waals surface area contributed by atoms with E-state index in [1.807, 2.05) is 0 Å². The number of nitrogens with zero attached hydrogens (tertiary/aromatic N) is 3. The molecular weight excluding hydrogens is 339 g/mol. The van der Waals surface area contributed by atoms with Crippen molar-refractivity contribution in [2.24, 2.45) is 0 Å². The molecule has 120 valence electrons. The third-order valence-corrected chi connectivity index (χ3v) is 3.90. The van der Waals surface area contributed by atoms with E-state index < -0.39 is 0 Å². The highest BCUT2D eigenvalue weighted by Crippen LogP contribution is 2.27. The van der Waals surface area contributed by atoms with Gasteiger partial charge >= 0.3 is 0 Å². The molecule has 1 aromatic carbocycles. The summed E-state index contributed by atoms with van der Waals surface area (Å²) in [6, 6.07) is 6.64. The minimum Gasteiger partial charge on any atom is -0.378 e. The summed E-state index contributed by atoms with van der Waals surface area (Å²) in [4.78, 5) is 22.5. The van der Waals surface area contributed by atoms with Crippen LogP contribution in [0.15, 0.2) is 30.5 Å². The smallest absolute Gasteiger partial charge is 0.272 e. The second-order valence-corrected chi connectivity index (χ2v) is 5.76. The van der Waals surface area contributed by atoms with Gasteiger partial charge in [0.15, 0.2) is 0 Å². The second-order valence-electron chi connectivity index (χ2n) is 4.92. The SMILES string of the molecule is O=C(c1ccnc(Nc2ccc(Cl)cc2Cl)n1)N1CCOCC1. The molecule has 0 aliphatic carbocycles. The highest BCUT2D eigenvalue weighted by molar-refractivity contribution is 6.36. The maximum Gasteiger partial charge on any atom is 0.272 e. The van der Waals surface area contributed by atoms with Gasteiger partial charge in [0.2, 0.25) is 5.95 Å². The summed E-state index contributed by atoms with van der Waals surface area (Å²) >= 11 is 12.0. The number of carbonyl (C=O) groups excluding carboxylic acids is 1. The highest BCUT2D eigenvalue weighted by atomic mass is 35.5. The van der Waals surface area contributed by atoms with E-state index in [0.717, 1.165) is 0 Å². The molecule has 0 saturated carbocycles. The van der Waals surface area contributed by atoms with Crippen LogP contribution < -0.4 is 5.32 Å². The summed E-state index contributed by atoms with van der Waals surface area (Å²) in [5.74, 6) is 0.161. The molecule has 0 atom stereocenters. The molecule has 1 aliphatic heterocycles. The molecule has 8 heteroatoms. The summed E-state index contributed by atoms with van der Waals surface area (Å²) in [5.41, 5.74) is 0.946. The molecule has 0 radical (unpaired) electrons. The van der Waals surface area contributed by atoms with Crippen molar-refractivity contribution >= 4 is 40.7 Å². The van der Waals surface area contributed by atoms with E-state index in [1.165, 1.54) is 6.20 Å². The molecule has 23 heavy (non-hydrogen) atoms. The van der Waals surface area contributed by atoms with Gasteiger partial charge in [-0.3, -0.25) is 4.79 Å². The van der Waals surface area contributed by atoms with E-state index in [9.17, 15) is 4.79 Å². The lowest BCUT2D eigenvalue weighted by Crippen LogP contribution is -2.41. The Morgan fingerprint density at radius 1 is 1.22 bits per heavy atom. The Morgan fingerprint density at radius 3 is 2.74 bits per heavy atom. The predicted octanol–water partition coefficient (Wildman–Crippen LogP) is 3.00. The Bertz CT molecular complexity index is 720. The van der Waals surface area contributed by atoms with Crippen LogP contribution in [-0.2, 0) is 4.74 Å². The van der Waals surface area contributed by atoms with E-state index in [4.69, 9.17) is 27.9 Å². The van der Waals surface area contributed by atoms with Crippen LogP contribution in [0, 0.1) is 0 Å². The second kappa shape index (κ2) is 7.12. The van der Waals surface area contributed by atoms with Crippen molar-refractivity contribution < 1.29 is 9.53 Å². The molecule has 1 fully saturated rings. The Balaban J connectivity index is 1.78. The molecule has 1 N–H and O–H groups in total. The topological polar surface area (TPSA) is 67.4 Å². The lowest BCUT2D eigenvalue weighted by molar-refractivity contribution is 0.0299. The first-order valence-corrected chi connectivity index (χ1v) is 7.81. The first-order chi connectivity index (χ1) is 11.1. The number of anilines is 2. The number of benzene rings is 1. The molecule has 1 amide bonds. The summed E-state index contributed by atoms with van der Waals surface area (Å²) in [5, 5.41) is 3.98. The molecule has 1 aromatic heterocycles. The fraction of sp³-hybridized carbons (Fsp3) is 0.267. The number of carbonyl (C=O) groups is 1. The molecule has 0 unspecified atom stereocenters. The molecule has 2 aromatic rings. The maximum absolute atomic E-state index is 12.4. The molecule has 0 spiro atoms. The van der Waals surface area contributed by atoms with Gasteiger partial charge in [-0.25, -0.2) is 9.97 Å². The third kappa shape index (κ3) is 3.90. The van der Waals surface area contributed by atoms with Gasteiger partial charge in [-0.05, 0) is 24.3 Å². The van der Waals surface area contributed by atoms with E-state index in [-0.39, 0.29) is 5.91 Å². The summed E-state index contributed by atoms with van der Waals surface area (Å²) < 4.78 is 5.25. The number of hydrogen-bond donors (Lipinski definition) is 1. The number of rotatable bonds is 3. The van der Waals surface area contributed by atoms with E-state index in [0.29, 0.717) is 53.7 Å². The zero-order valence-corrected chi connectivity index (χ0v) is 13.6. The Kier molecular flexibility index (Phi) is 4.95. The van der Waals surface area contributed by atoms with Crippen molar-refractivity contribution in [2.45, 2.75) is 0 Å². The van der Waals surface area contributed by atoms with Crippen molar-refractivity contribution in [3.8, 4) is 0 Å². The largest absolute Gasteiger partial charge is 0.378 e. The van der Waals surface area contributed by atoms with Crippen molar-refractivity contribution in [3.05, 3.63) is 46.2 Å². The molecule has 0 bridgehead atoms. The summed E-state index contributed by atoms with van der Waals surface area (Å²) in [6.07, 6.45) is 1.53. The van der Waals surface area contributed by atoms with Gasteiger partial charge in [-0.15, -0.1) is 0 Å². The van der Waals surface area contributed by atoms with Gasteiger partial charge < -0.3 is 15.0 Å². The predicted molar refractivity (Wildman–Crippen MR) is 88.5 cm³/mol. The zero-order chi connectivity index (χ0) is 16.2. The van der Waals surface area contributed by atoms with Crippen LogP contribution in [0.2, 0.25) is 10.0 Å². The molecule has 1 aliphatic rings. The molecular formula is C15H14Cl2N4O2. The summed E-state index contributed by atoms with van der Waals surface area (Å²) in [6.45, 7) is 2.22. The minimum absolute atomic E-state index is 0.138. The van der Waals surface area contributed by atoms with E-state index in [1.54, 1.807) is 29.2 Å². The van der Waals surface area contributed by atoms with Crippen molar-refractivity contribution in [1.82, 2.24) is 14.9 Å². The van der Waals surface area contributed by atoms with Crippen LogP contribution in [0.3, 0.4) is 0 Å². The van der Waals surface area contributed by atoms with Crippen LogP contribution in [0.4, 0.5) is 11.6 Å². The molecule has 6 nitrogen and oxygen atoms in total. The van der Waals surface area contributed by atoms with Crippen molar-refractivity contribution in [1.29, 1.82) is 0 Å². The quantitative estimate of drug-likeness (QED) is 0.919. The van der Waals surface area contributed by atoms with Crippen LogP contribution in [0.1, 0.15) is 10.5 Å². The van der Waals surface area contributed by atoms with Gasteiger partial charge in [0, 0.05) is 24.3 Å². The van der Waals surface area contributed by atoms with Crippen molar-refractivity contribution in [3.63, 3.8) is 0 Å². The number of hydrogen-bond acceptors (Lipinski definition) is 5. The van der Waals surface area contributed by atoms with Crippen LogP contribution in [0.5, 0.6) is 0 Å². The number of ether oxygens (including phenoxy) is 1. The van der Waals surface area contributed by atoms with Crippen LogP contribution in [0.25, 0.3) is 0 Å². The number of nitrogens with one attached hydrogen (secondary N) is 1. The molecule has 2 heterocycles. The van der Waals surface area contributed by atoms with Crippen LogP contribution in [-0.4, -0.2) is 47.1 Å². The Labute approximate surface area is 143 Å². The van der Waals surface area contributed by atoms with Crippen molar-refractivity contribution in [2.75, 3.05) is 31.6 Å². The highest BCUT2D eigenvalue weighted by Gasteiger charge is 2.20. The molecule has 1 saturated heterocycles. The Morgan fingerprint density at radius 2 is 2.00 bits per heavy atom. The average Bonchev–Trinajstić information content (AvgIpc) is 2.58. The number of halogens is 2. The standard InChI is InChI=1S/C15H14Cl2N4O2/c16-10-1-2-12(11(17)9-10)19-15-18-4-3-13(20-15)14(22)21-5-7-23-8-6-21/h1-4,9H,5-8H2,(H,18,19,20). The first kappa shape index (κ1) is 16.0. The number of morpholine rings is 1. The number of amides is 1. The van der Waals surface area contributed by atoms with Gasteiger partial charge in [0.05, 0.1) is 23.9 Å². The van der Waals surface area contributed by atoms with E-state index in [2.05, 4.69) is 15.3 Å². The monoisotopic (exact) mass is 352 g/mol. The third-order valence-electron chi connectivity index (χ3n) is 3.35. The fourth-order valence-corrected chi connectivity index (χ4v) is 2.63. The van der Waals surface area contributed by atoms with E-state index >= 15 is 0 Å². The lowest BCUT2D eigenvalue weighted by atomic mass is 10.3. The van der Waals surface area contributed by atoms with Crippen LogP contribution >= 0.6 is 23.2 Å². The van der Waals surface area contributed by atoms with Gasteiger partial charge in [-0.2, -0.15) is 0 Å². The Hall–Kier alpha value is -1.89. The molecule has 3 rings (SSSR count). The average molecular weight is 353 g/mol. The van der Waals surface area contributed by atoms with Gasteiger partial charge in [0.25, 0.3) is 5.91 Å². The maximum atomic E-state index is 12.4. The van der Waals surface area contributed by atoms with Gasteiger partial charge in [-0.1, -0.05) is 23.2 Å². The van der Waals surface area contributed by atoms with Gasteiger partial charge in [0.1, 0.15) is 5.69 Å².